The summed E-state index contributed by atoms with van der Waals surface area (Å²) in [5.74, 6) is -1.08. The van der Waals surface area contributed by atoms with Gasteiger partial charge in [0.1, 0.15) is 12.6 Å². The minimum absolute atomic E-state index is 0.00202. The number of amides is 2. The summed E-state index contributed by atoms with van der Waals surface area (Å²) in [7, 11) is -2.72. The molecule has 1 N–H and O–H groups in total. The number of rotatable bonds is 9. The van der Waals surface area contributed by atoms with E-state index >= 15 is 0 Å². The monoisotopic (exact) mass is 567 g/mol. The first-order chi connectivity index (χ1) is 17.1. The molecule has 0 spiro atoms. The summed E-state index contributed by atoms with van der Waals surface area (Å²) >= 11 is 18.8. The molecule has 0 aromatic heterocycles. The molecule has 0 fully saturated rings. The molecule has 7 nitrogen and oxygen atoms in total. The second kappa shape index (κ2) is 12.0. The van der Waals surface area contributed by atoms with Gasteiger partial charge in [0.15, 0.2) is 0 Å². The van der Waals surface area contributed by atoms with Crippen molar-refractivity contribution in [2.75, 3.05) is 17.9 Å². The molecular formula is C25H24Cl3N3O4S. The van der Waals surface area contributed by atoms with Crippen LogP contribution in [0.15, 0.2) is 77.7 Å². The molecule has 190 valence electrons. The van der Waals surface area contributed by atoms with Crippen molar-refractivity contribution in [3.8, 4) is 0 Å². The van der Waals surface area contributed by atoms with E-state index in [1.54, 1.807) is 48.5 Å². The minimum atomic E-state index is -4.17. The van der Waals surface area contributed by atoms with E-state index in [9.17, 15) is 18.0 Å². The molecule has 3 aromatic rings. The second-order valence-corrected chi connectivity index (χ2v) is 10.9. The van der Waals surface area contributed by atoms with Crippen LogP contribution in [0, 0.1) is 0 Å². The van der Waals surface area contributed by atoms with Crippen molar-refractivity contribution in [1.29, 1.82) is 0 Å². The summed E-state index contributed by atoms with van der Waals surface area (Å²) in [6.07, 6.45) is 0. The van der Waals surface area contributed by atoms with E-state index in [0.717, 1.165) is 4.31 Å². The molecule has 0 aliphatic heterocycles. The summed E-state index contributed by atoms with van der Waals surface area (Å²) < 4.78 is 28.2. The Bertz CT molecular complexity index is 1330. The lowest BCUT2D eigenvalue weighted by Crippen LogP contribution is -2.50. The Morgan fingerprint density at radius 2 is 1.53 bits per heavy atom. The lowest BCUT2D eigenvalue weighted by atomic mass is 10.1. The largest absolute Gasteiger partial charge is 0.357 e. The first-order valence-electron chi connectivity index (χ1n) is 10.8. The molecule has 11 heteroatoms. The van der Waals surface area contributed by atoms with Crippen LogP contribution < -0.4 is 9.62 Å². The zero-order valence-corrected chi connectivity index (χ0v) is 22.6. The van der Waals surface area contributed by atoms with E-state index < -0.39 is 34.4 Å². The number of hydrogen-bond donors (Lipinski definition) is 1. The van der Waals surface area contributed by atoms with Crippen LogP contribution in [0.3, 0.4) is 0 Å². The van der Waals surface area contributed by atoms with E-state index in [1.165, 1.54) is 43.1 Å². The van der Waals surface area contributed by atoms with Crippen molar-refractivity contribution in [3.05, 3.63) is 93.4 Å². The van der Waals surface area contributed by atoms with Gasteiger partial charge in [-0.15, -0.1) is 0 Å². The van der Waals surface area contributed by atoms with Gasteiger partial charge < -0.3 is 10.2 Å². The fraction of sp³-hybridized carbons (Fsp3) is 0.200. The van der Waals surface area contributed by atoms with Gasteiger partial charge in [-0.1, -0.05) is 65.1 Å². The molecule has 0 heterocycles. The van der Waals surface area contributed by atoms with Crippen LogP contribution in [0.25, 0.3) is 0 Å². The van der Waals surface area contributed by atoms with Gasteiger partial charge in [-0.25, -0.2) is 8.42 Å². The summed E-state index contributed by atoms with van der Waals surface area (Å²) in [6, 6.07) is 17.9. The fourth-order valence-electron chi connectivity index (χ4n) is 3.52. The van der Waals surface area contributed by atoms with Crippen molar-refractivity contribution in [1.82, 2.24) is 10.2 Å². The minimum Gasteiger partial charge on any atom is -0.357 e. The average Bonchev–Trinajstić information content (AvgIpc) is 2.86. The maximum Gasteiger partial charge on any atom is 0.264 e. The zero-order chi connectivity index (χ0) is 26.5. The van der Waals surface area contributed by atoms with Crippen LogP contribution in [-0.2, 0) is 26.2 Å². The fourth-order valence-corrected chi connectivity index (χ4v) is 5.65. The number of nitrogens with zero attached hydrogens (tertiary/aromatic N) is 2. The molecule has 3 aromatic carbocycles. The van der Waals surface area contributed by atoms with Crippen LogP contribution in [0.5, 0.6) is 0 Å². The lowest BCUT2D eigenvalue weighted by Gasteiger charge is -2.32. The summed E-state index contributed by atoms with van der Waals surface area (Å²) in [6.45, 7) is 0.832. The number of carbonyl (C=O) groups excluding carboxylic acids is 2. The van der Waals surface area contributed by atoms with Crippen molar-refractivity contribution >= 4 is 62.3 Å². The molecule has 0 radical (unpaired) electrons. The molecule has 0 aliphatic carbocycles. The van der Waals surface area contributed by atoms with Crippen LogP contribution in [0.1, 0.15) is 12.5 Å². The molecule has 3 rings (SSSR count). The van der Waals surface area contributed by atoms with E-state index in [2.05, 4.69) is 5.32 Å². The SMILES string of the molecule is CNC(=O)[C@@H](C)N(Cc1c(Cl)cccc1Cl)C(=O)CN(c1cccc(Cl)c1)S(=O)(=O)c1ccccc1. The van der Waals surface area contributed by atoms with Gasteiger partial charge in [0.2, 0.25) is 11.8 Å². The highest BCUT2D eigenvalue weighted by Gasteiger charge is 2.32. The van der Waals surface area contributed by atoms with Crippen LogP contribution >= 0.6 is 34.8 Å². The highest BCUT2D eigenvalue weighted by Crippen LogP contribution is 2.29. The van der Waals surface area contributed by atoms with Gasteiger partial charge in [-0.2, -0.15) is 0 Å². The summed E-state index contributed by atoms with van der Waals surface area (Å²) in [5.41, 5.74) is 0.633. The molecule has 0 saturated carbocycles. The molecular weight excluding hydrogens is 545 g/mol. The second-order valence-electron chi connectivity index (χ2n) is 7.82. The molecule has 0 saturated heterocycles. The number of sulfonamides is 1. The summed E-state index contributed by atoms with van der Waals surface area (Å²) in [5, 5.41) is 3.44. The number of anilines is 1. The number of carbonyl (C=O) groups is 2. The van der Waals surface area contributed by atoms with Crippen molar-refractivity contribution in [2.24, 2.45) is 0 Å². The Morgan fingerprint density at radius 1 is 0.917 bits per heavy atom. The zero-order valence-electron chi connectivity index (χ0n) is 19.5. The van der Waals surface area contributed by atoms with Gasteiger partial charge in [-0.05, 0) is 49.4 Å². The maximum atomic E-state index is 13.7. The Kier molecular flexibility index (Phi) is 9.24. The van der Waals surface area contributed by atoms with Crippen LogP contribution in [0.4, 0.5) is 5.69 Å². The van der Waals surface area contributed by atoms with Crippen molar-refractivity contribution in [2.45, 2.75) is 24.4 Å². The summed E-state index contributed by atoms with van der Waals surface area (Å²) in [4.78, 5) is 27.5. The lowest BCUT2D eigenvalue weighted by molar-refractivity contribution is -0.139. The van der Waals surface area contributed by atoms with Gasteiger partial charge in [0.25, 0.3) is 10.0 Å². The quantitative estimate of drug-likeness (QED) is 0.393. The number of likely N-dealkylation sites (N-methyl/N-ethyl adjacent to an activating group) is 1. The normalized spacial score (nSPS) is 12.0. The van der Waals surface area contributed by atoms with E-state index in [4.69, 9.17) is 34.8 Å². The smallest absolute Gasteiger partial charge is 0.264 e. The number of halogens is 3. The van der Waals surface area contributed by atoms with E-state index in [1.807, 2.05) is 0 Å². The Morgan fingerprint density at radius 3 is 2.11 bits per heavy atom. The van der Waals surface area contributed by atoms with E-state index in [-0.39, 0.29) is 17.1 Å². The predicted molar refractivity (Wildman–Crippen MR) is 143 cm³/mol. The van der Waals surface area contributed by atoms with Crippen molar-refractivity contribution < 1.29 is 18.0 Å². The standard InChI is InChI=1S/C25H24Cl3N3O4S/c1-17(25(33)29-2)30(15-21-22(27)12-7-13-23(21)28)24(32)16-31(19-9-6-8-18(26)14-19)36(34,35)20-10-4-3-5-11-20/h3-14,17H,15-16H2,1-2H3,(H,29,33)/t17-/m1/s1. The van der Waals surface area contributed by atoms with Gasteiger partial charge in [0, 0.05) is 34.2 Å². The number of hydrogen-bond acceptors (Lipinski definition) is 4. The van der Waals surface area contributed by atoms with Crippen LogP contribution in [-0.4, -0.2) is 44.8 Å². The highest BCUT2D eigenvalue weighted by atomic mass is 35.5. The highest BCUT2D eigenvalue weighted by molar-refractivity contribution is 7.92. The maximum absolute atomic E-state index is 13.7. The molecule has 0 bridgehead atoms. The number of nitrogens with one attached hydrogen (secondary N) is 1. The molecule has 36 heavy (non-hydrogen) atoms. The van der Waals surface area contributed by atoms with Gasteiger partial charge in [0.05, 0.1) is 10.6 Å². The molecule has 1 atom stereocenters. The third-order valence-electron chi connectivity index (χ3n) is 5.51. The third kappa shape index (κ3) is 6.31. The van der Waals surface area contributed by atoms with Crippen LogP contribution in [0.2, 0.25) is 15.1 Å². The Hall–Kier alpha value is -2.78. The first-order valence-corrected chi connectivity index (χ1v) is 13.4. The van der Waals surface area contributed by atoms with E-state index in [0.29, 0.717) is 20.6 Å². The average molecular weight is 569 g/mol. The molecule has 0 unspecified atom stereocenters. The molecule has 2 amide bonds. The van der Waals surface area contributed by atoms with Gasteiger partial charge >= 0.3 is 0 Å². The predicted octanol–water partition coefficient (Wildman–Crippen LogP) is 5.01. The Labute approximate surface area is 225 Å². The first kappa shape index (κ1) is 27.8. The third-order valence-corrected chi connectivity index (χ3v) is 8.24. The number of benzene rings is 3. The Balaban J connectivity index is 2.06. The molecule has 0 aliphatic rings. The topological polar surface area (TPSA) is 86.8 Å². The van der Waals surface area contributed by atoms with Crippen molar-refractivity contribution in [3.63, 3.8) is 0 Å². The van der Waals surface area contributed by atoms with Gasteiger partial charge in [-0.3, -0.25) is 13.9 Å².